The number of hydrogen-bond donors (Lipinski definition) is 1. The van der Waals surface area contributed by atoms with Crippen LogP contribution < -0.4 is 10.1 Å². The van der Waals surface area contributed by atoms with Crippen LogP contribution >= 0.6 is 0 Å². The number of pyridine rings is 1. The Bertz CT molecular complexity index is 839. The van der Waals surface area contributed by atoms with Gasteiger partial charge in [0.1, 0.15) is 12.4 Å². The van der Waals surface area contributed by atoms with E-state index >= 15 is 0 Å². The lowest BCUT2D eigenvalue weighted by molar-refractivity contribution is 0.153. The van der Waals surface area contributed by atoms with Crippen molar-refractivity contribution in [1.29, 1.82) is 0 Å². The zero-order valence-electron chi connectivity index (χ0n) is 15.4. The molecule has 1 aromatic heterocycles. The highest BCUT2D eigenvalue weighted by Crippen LogP contribution is 2.25. The fraction of sp³-hybridized carbons (Fsp3) is 0.261. The van der Waals surface area contributed by atoms with E-state index in [2.05, 4.69) is 51.6 Å². The molecule has 0 radical (unpaired) electrons. The number of rotatable bonds is 6. The summed E-state index contributed by atoms with van der Waals surface area (Å²) in [5.74, 6) is 0.921. The van der Waals surface area contributed by atoms with Gasteiger partial charge >= 0.3 is 0 Å². The Morgan fingerprint density at radius 1 is 1.00 bits per heavy atom. The van der Waals surface area contributed by atoms with E-state index in [1.165, 1.54) is 16.7 Å². The summed E-state index contributed by atoms with van der Waals surface area (Å²) in [4.78, 5) is 6.81. The van der Waals surface area contributed by atoms with Crippen molar-refractivity contribution in [3.63, 3.8) is 0 Å². The highest BCUT2D eigenvalue weighted by atomic mass is 16.5. The molecule has 0 amide bonds. The average Bonchev–Trinajstić information content (AvgIpc) is 2.74. The SMILES string of the molecule is c1ccc(COc2cccc(CN3CCNCC3c3cccnc3)c2)cc1. The number of hydrogen-bond acceptors (Lipinski definition) is 4. The van der Waals surface area contributed by atoms with E-state index in [1.54, 1.807) is 0 Å². The molecule has 0 saturated carbocycles. The molecular weight excluding hydrogens is 334 g/mol. The minimum atomic E-state index is 0.348. The monoisotopic (exact) mass is 359 g/mol. The van der Waals surface area contributed by atoms with Gasteiger partial charge in [-0.15, -0.1) is 0 Å². The molecule has 4 nitrogen and oxygen atoms in total. The predicted molar refractivity (Wildman–Crippen MR) is 107 cm³/mol. The van der Waals surface area contributed by atoms with E-state index in [1.807, 2.05) is 42.7 Å². The Kier molecular flexibility index (Phi) is 5.77. The van der Waals surface area contributed by atoms with E-state index in [4.69, 9.17) is 4.74 Å². The summed E-state index contributed by atoms with van der Waals surface area (Å²) in [6.07, 6.45) is 3.81. The second-order valence-electron chi connectivity index (χ2n) is 6.90. The molecule has 4 rings (SSSR count). The summed E-state index contributed by atoms with van der Waals surface area (Å²) >= 11 is 0. The van der Waals surface area contributed by atoms with Crippen LogP contribution in [0, 0.1) is 0 Å². The van der Waals surface area contributed by atoms with Crippen molar-refractivity contribution >= 4 is 0 Å². The zero-order valence-corrected chi connectivity index (χ0v) is 15.4. The first kappa shape index (κ1) is 17.7. The van der Waals surface area contributed by atoms with Gasteiger partial charge in [0.2, 0.25) is 0 Å². The third-order valence-electron chi connectivity index (χ3n) is 4.96. The van der Waals surface area contributed by atoms with E-state index in [9.17, 15) is 0 Å². The molecule has 3 aromatic rings. The summed E-state index contributed by atoms with van der Waals surface area (Å²) in [6.45, 7) is 4.49. The molecule has 1 fully saturated rings. The lowest BCUT2D eigenvalue weighted by Crippen LogP contribution is -2.45. The molecule has 2 heterocycles. The van der Waals surface area contributed by atoms with Gasteiger partial charge in [-0.1, -0.05) is 48.5 Å². The highest BCUT2D eigenvalue weighted by Gasteiger charge is 2.23. The van der Waals surface area contributed by atoms with Gasteiger partial charge in [0.15, 0.2) is 0 Å². The van der Waals surface area contributed by atoms with Gasteiger partial charge in [-0.25, -0.2) is 0 Å². The van der Waals surface area contributed by atoms with Crippen LogP contribution in [0.3, 0.4) is 0 Å². The molecule has 1 saturated heterocycles. The van der Waals surface area contributed by atoms with Crippen LogP contribution in [-0.2, 0) is 13.2 Å². The first-order valence-corrected chi connectivity index (χ1v) is 9.49. The van der Waals surface area contributed by atoms with E-state index in [0.717, 1.165) is 31.9 Å². The number of aromatic nitrogens is 1. The summed E-state index contributed by atoms with van der Waals surface area (Å²) in [7, 11) is 0. The van der Waals surface area contributed by atoms with Crippen molar-refractivity contribution in [2.45, 2.75) is 19.2 Å². The second kappa shape index (κ2) is 8.80. The van der Waals surface area contributed by atoms with Crippen molar-refractivity contribution < 1.29 is 4.74 Å². The summed E-state index contributed by atoms with van der Waals surface area (Å²) in [5.41, 5.74) is 3.72. The van der Waals surface area contributed by atoms with E-state index < -0.39 is 0 Å². The van der Waals surface area contributed by atoms with Crippen molar-refractivity contribution in [2.75, 3.05) is 19.6 Å². The maximum absolute atomic E-state index is 5.99. The van der Waals surface area contributed by atoms with Crippen molar-refractivity contribution in [2.24, 2.45) is 0 Å². The topological polar surface area (TPSA) is 37.4 Å². The molecule has 1 N–H and O–H groups in total. The predicted octanol–water partition coefficient (Wildman–Crippen LogP) is 3.81. The molecule has 27 heavy (non-hydrogen) atoms. The Morgan fingerprint density at radius 3 is 2.74 bits per heavy atom. The fourth-order valence-corrected chi connectivity index (χ4v) is 3.55. The molecule has 1 atom stereocenters. The molecule has 0 spiro atoms. The molecule has 0 bridgehead atoms. The van der Waals surface area contributed by atoms with Crippen molar-refractivity contribution in [3.8, 4) is 5.75 Å². The quantitative estimate of drug-likeness (QED) is 0.726. The second-order valence-corrected chi connectivity index (χ2v) is 6.90. The summed E-state index contributed by atoms with van der Waals surface area (Å²) < 4.78 is 5.99. The largest absolute Gasteiger partial charge is 0.489 e. The van der Waals surface area contributed by atoms with Gasteiger partial charge in [-0.05, 0) is 34.9 Å². The Morgan fingerprint density at radius 2 is 1.89 bits per heavy atom. The van der Waals surface area contributed by atoms with Gasteiger partial charge in [-0.2, -0.15) is 0 Å². The molecule has 1 unspecified atom stereocenters. The molecule has 1 aliphatic rings. The van der Waals surface area contributed by atoms with Crippen LogP contribution in [0.25, 0.3) is 0 Å². The van der Waals surface area contributed by atoms with Crippen LogP contribution in [0.1, 0.15) is 22.7 Å². The maximum atomic E-state index is 5.99. The summed E-state index contributed by atoms with van der Waals surface area (Å²) in [6, 6.07) is 23.2. The minimum Gasteiger partial charge on any atom is -0.489 e. The number of piperazine rings is 1. The van der Waals surface area contributed by atoms with E-state index in [0.29, 0.717) is 12.6 Å². The first-order chi connectivity index (χ1) is 13.4. The van der Waals surface area contributed by atoms with Crippen LogP contribution in [0.2, 0.25) is 0 Å². The third kappa shape index (κ3) is 4.73. The lowest BCUT2D eigenvalue weighted by atomic mass is 10.0. The van der Waals surface area contributed by atoms with Crippen LogP contribution in [0.15, 0.2) is 79.1 Å². The standard InChI is InChI=1S/C23H25N3O/c1-2-6-19(7-3-1)18-27-22-10-4-8-20(14-22)17-26-13-12-25-16-23(26)21-9-5-11-24-15-21/h1-11,14-15,23,25H,12-13,16-18H2. The Labute approximate surface area is 160 Å². The number of benzene rings is 2. The van der Waals surface area contributed by atoms with Crippen molar-refractivity contribution in [1.82, 2.24) is 15.2 Å². The molecule has 138 valence electrons. The van der Waals surface area contributed by atoms with Gasteiger partial charge in [0.05, 0.1) is 0 Å². The number of nitrogens with zero attached hydrogens (tertiary/aromatic N) is 2. The molecule has 0 aliphatic carbocycles. The maximum Gasteiger partial charge on any atom is 0.120 e. The van der Waals surface area contributed by atoms with Gasteiger partial charge in [-0.3, -0.25) is 9.88 Å². The minimum absolute atomic E-state index is 0.348. The van der Waals surface area contributed by atoms with Gasteiger partial charge in [0, 0.05) is 44.6 Å². The fourth-order valence-electron chi connectivity index (χ4n) is 3.55. The third-order valence-corrected chi connectivity index (χ3v) is 4.96. The van der Waals surface area contributed by atoms with Gasteiger partial charge in [0.25, 0.3) is 0 Å². The Balaban J connectivity index is 1.43. The normalized spacial score (nSPS) is 17.6. The Hall–Kier alpha value is -2.69. The van der Waals surface area contributed by atoms with Crippen LogP contribution in [0.4, 0.5) is 0 Å². The first-order valence-electron chi connectivity index (χ1n) is 9.49. The summed E-state index contributed by atoms with van der Waals surface area (Å²) in [5, 5.41) is 3.50. The molecule has 2 aromatic carbocycles. The zero-order chi connectivity index (χ0) is 18.3. The highest BCUT2D eigenvalue weighted by molar-refractivity contribution is 5.29. The van der Waals surface area contributed by atoms with E-state index in [-0.39, 0.29) is 0 Å². The lowest BCUT2D eigenvalue weighted by Gasteiger charge is -2.36. The molecule has 1 aliphatic heterocycles. The number of ether oxygens (including phenoxy) is 1. The smallest absolute Gasteiger partial charge is 0.120 e. The molecule has 4 heteroatoms. The number of nitrogens with one attached hydrogen (secondary N) is 1. The van der Waals surface area contributed by atoms with Gasteiger partial charge < -0.3 is 10.1 Å². The van der Waals surface area contributed by atoms with Crippen LogP contribution in [0.5, 0.6) is 5.75 Å². The van der Waals surface area contributed by atoms with Crippen LogP contribution in [-0.4, -0.2) is 29.5 Å². The van der Waals surface area contributed by atoms with Crippen molar-refractivity contribution in [3.05, 3.63) is 95.8 Å². The average molecular weight is 359 g/mol. The molecular formula is C23H25N3O.